The summed E-state index contributed by atoms with van der Waals surface area (Å²) in [7, 11) is 0. The number of anilines is 1. The molecule has 2 saturated heterocycles. The molecule has 0 saturated carbocycles. The Morgan fingerprint density at radius 1 is 1.33 bits per heavy atom. The van der Waals surface area contributed by atoms with Gasteiger partial charge in [-0.15, -0.1) is 0 Å². The Kier molecular flexibility index (Phi) is 4.89. The summed E-state index contributed by atoms with van der Waals surface area (Å²) in [6, 6.07) is 1.93. The highest BCUT2D eigenvalue weighted by atomic mass is 16.5. The Labute approximate surface area is 143 Å². The van der Waals surface area contributed by atoms with Crippen molar-refractivity contribution in [1.82, 2.24) is 20.2 Å². The van der Waals surface area contributed by atoms with Gasteiger partial charge in [-0.05, 0) is 39.7 Å². The lowest BCUT2D eigenvalue weighted by Gasteiger charge is -2.42. The van der Waals surface area contributed by atoms with Gasteiger partial charge in [-0.2, -0.15) is 0 Å². The molecule has 132 valence electrons. The van der Waals surface area contributed by atoms with Crippen LogP contribution in [0.25, 0.3) is 0 Å². The first-order chi connectivity index (χ1) is 11.4. The molecule has 0 bridgehead atoms. The first-order valence-corrected chi connectivity index (χ1v) is 8.68. The Balaban J connectivity index is 1.58. The van der Waals surface area contributed by atoms with Crippen LogP contribution in [0.15, 0.2) is 18.5 Å². The molecule has 2 atom stereocenters. The summed E-state index contributed by atoms with van der Waals surface area (Å²) in [5, 5.41) is 3.18. The van der Waals surface area contributed by atoms with E-state index in [9.17, 15) is 4.79 Å². The van der Waals surface area contributed by atoms with E-state index in [1.807, 2.05) is 31.7 Å². The van der Waals surface area contributed by atoms with Gasteiger partial charge >= 0.3 is 6.03 Å². The van der Waals surface area contributed by atoms with Crippen molar-refractivity contribution >= 4 is 12.0 Å². The standard InChI is InChI=1S/C17H27N5O2/c1-13-10-22(12-17(2,3)24-13)16(23)20-14-6-4-9-21(11-14)15-18-7-5-8-19-15/h5,7-8,13-14H,4,6,9-12H2,1-3H3,(H,20,23). The number of morpholine rings is 1. The molecule has 7 nitrogen and oxygen atoms in total. The Morgan fingerprint density at radius 2 is 2.08 bits per heavy atom. The molecular formula is C17H27N5O2. The van der Waals surface area contributed by atoms with Crippen molar-refractivity contribution in [3.05, 3.63) is 18.5 Å². The van der Waals surface area contributed by atoms with E-state index in [2.05, 4.69) is 20.2 Å². The molecule has 1 aromatic rings. The van der Waals surface area contributed by atoms with Gasteiger partial charge in [0.25, 0.3) is 0 Å². The quantitative estimate of drug-likeness (QED) is 0.891. The highest BCUT2D eigenvalue weighted by Crippen LogP contribution is 2.21. The third kappa shape index (κ3) is 4.14. The van der Waals surface area contributed by atoms with Crippen LogP contribution in [0.3, 0.4) is 0 Å². The molecule has 1 aromatic heterocycles. The summed E-state index contributed by atoms with van der Waals surface area (Å²) in [5.74, 6) is 0.734. The second kappa shape index (κ2) is 6.93. The monoisotopic (exact) mass is 333 g/mol. The van der Waals surface area contributed by atoms with Crippen molar-refractivity contribution in [3.63, 3.8) is 0 Å². The van der Waals surface area contributed by atoms with Crippen LogP contribution in [-0.2, 0) is 4.74 Å². The number of carbonyl (C=O) groups excluding carboxylic acids is 1. The normalized spacial score (nSPS) is 27.0. The molecule has 0 spiro atoms. The molecule has 3 heterocycles. The number of rotatable bonds is 2. The molecule has 0 radical (unpaired) electrons. The molecule has 2 unspecified atom stereocenters. The Hall–Kier alpha value is -1.89. The predicted octanol–water partition coefficient (Wildman–Crippen LogP) is 1.65. The van der Waals surface area contributed by atoms with Crippen molar-refractivity contribution < 1.29 is 9.53 Å². The van der Waals surface area contributed by atoms with Gasteiger partial charge in [-0.3, -0.25) is 0 Å². The zero-order valence-electron chi connectivity index (χ0n) is 14.7. The second-order valence-corrected chi connectivity index (χ2v) is 7.35. The first-order valence-electron chi connectivity index (χ1n) is 8.68. The summed E-state index contributed by atoms with van der Waals surface area (Å²) in [5.41, 5.74) is -0.300. The highest BCUT2D eigenvalue weighted by molar-refractivity contribution is 5.75. The maximum absolute atomic E-state index is 12.7. The summed E-state index contributed by atoms with van der Waals surface area (Å²) >= 11 is 0. The maximum atomic E-state index is 12.7. The fraction of sp³-hybridized carbons (Fsp3) is 0.706. The van der Waals surface area contributed by atoms with Crippen LogP contribution < -0.4 is 10.2 Å². The molecule has 0 aliphatic carbocycles. The van der Waals surface area contributed by atoms with E-state index < -0.39 is 0 Å². The van der Waals surface area contributed by atoms with Gasteiger partial charge in [-0.1, -0.05) is 0 Å². The second-order valence-electron chi connectivity index (χ2n) is 7.35. The molecule has 24 heavy (non-hydrogen) atoms. The van der Waals surface area contributed by atoms with Crippen LogP contribution in [0.1, 0.15) is 33.6 Å². The van der Waals surface area contributed by atoms with Gasteiger partial charge in [0.1, 0.15) is 0 Å². The first kappa shape index (κ1) is 17.0. The van der Waals surface area contributed by atoms with Crippen molar-refractivity contribution in [2.75, 3.05) is 31.1 Å². The third-order valence-electron chi connectivity index (χ3n) is 4.44. The number of amides is 2. The minimum absolute atomic E-state index is 0.000875. The number of nitrogens with zero attached hydrogens (tertiary/aromatic N) is 4. The maximum Gasteiger partial charge on any atom is 0.317 e. The van der Waals surface area contributed by atoms with E-state index in [0.29, 0.717) is 13.1 Å². The predicted molar refractivity (Wildman–Crippen MR) is 92.0 cm³/mol. The summed E-state index contributed by atoms with van der Waals surface area (Å²) in [4.78, 5) is 25.3. The fourth-order valence-corrected chi connectivity index (χ4v) is 3.61. The molecule has 2 fully saturated rings. The zero-order valence-corrected chi connectivity index (χ0v) is 14.7. The van der Waals surface area contributed by atoms with Crippen LogP contribution in [-0.4, -0.2) is 64.8 Å². The molecule has 7 heteroatoms. The minimum atomic E-state index is -0.300. The Bertz CT molecular complexity index is 565. The molecule has 2 amide bonds. The number of ether oxygens (including phenoxy) is 1. The van der Waals surface area contributed by atoms with E-state index in [1.54, 1.807) is 12.4 Å². The molecule has 0 aromatic carbocycles. The smallest absolute Gasteiger partial charge is 0.317 e. The lowest BCUT2D eigenvalue weighted by atomic mass is 10.0. The number of hydrogen-bond donors (Lipinski definition) is 1. The van der Waals surface area contributed by atoms with Crippen LogP contribution in [0.4, 0.5) is 10.7 Å². The lowest BCUT2D eigenvalue weighted by molar-refractivity contribution is -0.117. The largest absolute Gasteiger partial charge is 0.369 e. The lowest BCUT2D eigenvalue weighted by Crippen LogP contribution is -2.59. The fourth-order valence-electron chi connectivity index (χ4n) is 3.61. The van der Waals surface area contributed by atoms with Crippen molar-refractivity contribution in [3.8, 4) is 0 Å². The van der Waals surface area contributed by atoms with Crippen molar-refractivity contribution in [2.45, 2.75) is 51.4 Å². The highest BCUT2D eigenvalue weighted by Gasteiger charge is 2.34. The third-order valence-corrected chi connectivity index (χ3v) is 4.44. The summed E-state index contributed by atoms with van der Waals surface area (Å²) in [6.07, 6.45) is 5.57. The number of nitrogens with one attached hydrogen (secondary N) is 1. The van der Waals surface area contributed by atoms with Gasteiger partial charge in [-0.25, -0.2) is 14.8 Å². The van der Waals surface area contributed by atoms with E-state index in [1.165, 1.54) is 0 Å². The van der Waals surface area contributed by atoms with Crippen molar-refractivity contribution in [1.29, 1.82) is 0 Å². The molecule has 2 aliphatic rings. The van der Waals surface area contributed by atoms with Crippen LogP contribution >= 0.6 is 0 Å². The van der Waals surface area contributed by atoms with Gasteiger partial charge in [0.05, 0.1) is 18.2 Å². The Morgan fingerprint density at radius 3 is 2.79 bits per heavy atom. The summed E-state index contributed by atoms with van der Waals surface area (Å²) < 4.78 is 5.87. The SMILES string of the molecule is CC1CN(C(=O)NC2CCCN(c3ncccn3)C2)CC(C)(C)O1. The van der Waals surface area contributed by atoms with E-state index in [4.69, 9.17) is 4.74 Å². The number of carbonyl (C=O) groups is 1. The van der Waals surface area contributed by atoms with E-state index >= 15 is 0 Å². The minimum Gasteiger partial charge on any atom is -0.369 e. The van der Waals surface area contributed by atoms with Gasteiger partial charge in [0, 0.05) is 38.1 Å². The van der Waals surface area contributed by atoms with Crippen LogP contribution in [0.2, 0.25) is 0 Å². The topological polar surface area (TPSA) is 70.6 Å². The average molecular weight is 333 g/mol. The zero-order chi connectivity index (χ0) is 17.2. The van der Waals surface area contributed by atoms with Crippen molar-refractivity contribution in [2.24, 2.45) is 0 Å². The molecule has 3 rings (SSSR count). The average Bonchev–Trinajstić information content (AvgIpc) is 2.54. The molecule has 1 N–H and O–H groups in total. The number of hydrogen-bond acceptors (Lipinski definition) is 5. The van der Waals surface area contributed by atoms with Crippen LogP contribution in [0, 0.1) is 0 Å². The van der Waals surface area contributed by atoms with E-state index in [-0.39, 0.29) is 23.8 Å². The van der Waals surface area contributed by atoms with Gasteiger partial charge < -0.3 is 19.9 Å². The van der Waals surface area contributed by atoms with Gasteiger partial charge in [0.15, 0.2) is 0 Å². The number of aromatic nitrogens is 2. The number of piperidine rings is 1. The molecule has 2 aliphatic heterocycles. The number of urea groups is 1. The van der Waals surface area contributed by atoms with Crippen LogP contribution in [0.5, 0.6) is 0 Å². The van der Waals surface area contributed by atoms with E-state index in [0.717, 1.165) is 31.9 Å². The van der Waals surface area contributed by atoms with Gasteiger partial charge in [0.2, 0.25) is 5.95 Å². The molecular weight excluding hydrogens is 306 g/mol. The summed E-state index contributed by atoms with van der Waals surface area (Å²) in [6.45, 7) is 8.98.